The number of nitrogens with two attached hydrogens (primary N) is 1. The van der Waals surface area contributed by atoms with E-state index in [0.717, 1.165) is 4.31 Å². The van der Waals surface area contributed by atoms with E-state index in [1.807, 2.05) is 0 Å². The summed E-state index contributed by atoms with van der Waals surface area (Å²) in [5, 5.41) is 0. The number of rotatable bonds is 7. The molecule has 0 heterocycles. The lowest BCUT2D eigenvalue weighted by atomic mass is 10.2. The minimum absolute atomic E-state index is 0.183. The Balaban J connectivity index is 2.91. The number of sulfonamides is 1. The van der Waals surface area contributed by atoms with Crippen LogP contribution >= 0.6 is 0 Å². The second-order valence-electron chi connectivity index (χ2n) is 4.67. The summed E-state index contributed by atoms with van der Waals surface area (Å²) in [6.07, 6.45) is -5.39. The highest BCUT2D eigenvalue weighted by Crippen LogP contribution is 2.27. The van der Waals surface area contributed by atoms with E-state index in [2.05, 4.69) is 0 Å². The van der Waals surface area contributed by atoms with Crippen molar-refractivity contribution in [3.63, 3.8) is 0 Å². The molecule has 21 heavy (non-hydrogen) atoms. The van der Waals surface area contributed by atoms with E-state index < -0.39 is 34.8 Å². The average Bonchev–Trinajstić information content (AvgIpc) is 2.35. The average molecular weight is 324 g/mol. The first-order valence-electron chi connectivity index (χ1n) is 6.59. The van der Waals surface area contributed by atoms with Crippen LogP contribution in [0, 0.1) is 0 Å². The Morgan fingerprint density at radius 2 is 1.86 bits per heavy atom. The van der Waals surface area contributed by atoms with Crippen LogP contribution in [-0.4, -0.2) is 26.9 Å². The predicted molar refractivity (Wildman–Crippen MR) is 77.6 cm³/mol. The monoisotopic (exact) mass is 324 g/mol. The number of hydrogen-bond acceptors (Lipinski definition) is 3. The molecule has 0 atom stereocenters. The van der Waals surface area contributed by atoms with Gasteiger partial charge in [-0.05, 0) is 25.0 Å². The van der Waals surface area contributed by atoms with Crippen LogP contribution in [0.4, 0.5) is 24.5 Å². The van der Waals surface area contributed by atoms with E-state index >= 15 is 0 Å². The molecule has 0 unspecified atom stereocenters. The van der Waals surface area contributed by atoms with E-state index in [-0.39, 0.29) is 12.2 Å². The van der Waals surface area contributed by atoms with Gasteiger partial charge in [-0.1, -0.05) is 19.1 Å². The third-order valence-electron chi connectivity index (χ3n) is 2.83. The van der Waals surface area contributed by atoms with Gasteiger partial charge in [0.2, 0.25) is 10.0 Å². The number of anilines is 2. The van der Waals surface area contributed by atoms with Gasteiger partial charge in [0.15, 0.2) is 0 Å². The molecule has 0 aromatic heterocycles. The molecule has 0 radical (unpaired) electrons. The van der Waals surface area contributed by atoms with Gasteiger partial charge < -0.3 is 5.73 Å². The highest BCUT2D eigenvalue weighted by atomic mass is 32.2. The summed E-state index contributed by atoms with van der Waals surface area (Å²) in [5.41, 5.74) is 6.35. The standard InChI is InChI=1S/C13H19F3N2O2S/c1-2-9-18(12-7-4-3-6-11(12)17)21(19,20)10-5-8-13(14,15)16/h3-4,6-7H,2,5,8-10,17H2,1H3. The van der Waals surface area contributed by atoms with Crippen molar-refractivity contribution in [3.8, 4) is 0 Å². The van der Waals surface area contributed by atoms with E-state index in [4.69, 9.17) is 5.73 Å². The molecule has 120 valence electrons. The largest absolute Gasteiger partial charge is 0.397 e. The quantitative estimate of drug-likeness (QED) is 0.784. The van der Waals surface area contributed by atoms with Crippen molar-refractivity contribution in [2.45, 2.75) is 32.4 Å². The Bertz CT molecular complexity index is 559. The number of hydrogen-bond donors (Lipinski definition) is 1. The Morgan fingerprint density at radius 1 is 1.24 bits per heavy atom. The summed E-state index contributed by atoms with van der Waals surface area (Å²) >= 11 is 0. The van der Waals surface area contributed by atoms with Gasteiger partial charge in [-0.15, -0.1) is 0 Å². The Hall–Kier alpha value is -1.44. The molecule has 1 aromatic carbocycles. The minimum Gasteiger partial charge on any atom is -0.397 e. The number of halogens is 3. The van der Waals surface area contributed by atoms with Crippen molar-refractivity contribution in [1.82, 2.24) is 0 Å². The lowest BCUT2D eigenvalue weighted by molar-refractivity contribution is -0.134. The predicted octanol–water partition coefficient (Wildman–Crippen LogP) is 3.16. The van der Waals surface area contributed by atoms with Gasteiger partial charge in [0.05, 0.1) is 17.1 Å². The van der Waals surface area contributed by atoms with Gasteiger partial charge in [0.1, 0.15) is 0 Å². The third-order valence-corrected chi connectivity index (χ3v) is 4.69. The molecule has 0 bridgehead atoms. The third kappa shape index (κ3) is 5.45. The summed E-state index contributed by atoms with van der Waals surface area (Å²) in [4.78, 5) is 0. The molecule has 1 rings (SSSR count). The second kappa shape index (κ2) is 7.02. The molecule has 1 aromatic rings. The topological polar surface area (TPSA) is 63.4 Å². The number of nitrogens with zero attached hydrogens (tertiary/aromatic N) is 1. The second-order valence-corrected chi connectivity index (χ2v) is 6.68. The smallest absolute Gasteiger partial charge is 0.389 e. The molecule has 0 saturated carbocycles. The first kappa shape index (κ1) is 17.6. The van der Waals surface area contributed by atoms with Crippen LogP contribution in [0.3, 0.4) is 0 Å². The normalized spacial score (nSPS) is 12.4. The van der Waals surface area contributed by atoms with Crippen molar-refractivity contribution in [3.05, 3.63) is 24.3 Å². The van der Waals surface area contributed by atoms with Gasteiger partial charge in [0, 0.05) is 13.0 Å². The highest BCUT2D eigenvalue weighted by molar-refractivity contribution is 7.92. The van der Waals surface area contributed by atoms with Crippen molar-refractivity contribution in [2.75, 3.05) is 22.3 Å². The summed E-state index contributed by atoms with van der Waals surface area (Å²) in [5.74, 6) is -0.555. The zero-order valence-corrected chi connectivity index (χ0v) is 12.5. The molecule has 0 aliphatic heterocycles. The van der Waals surface area contributed by atoms with Gasteiger partial charge in [-0.2, -0.15) is 13.2 Å². The van der Waals surface area contributed by atoms with E-state index in [0.29, 0.717) is 12.1 Å². The molecule has 0 fully saturated rings. The van der Waals surface area contributed by atoms with Crippen LogP contribution in [0.2, 0.25) is 0 Å². The molecular weight excluding hydrogens is 305 g/mol. The van der Waals surface area contributed by atoms with Crippen LogP contribution in [0.5, 0.6) is 0 Å². The Kier molecular flexibility index (Phi) is 5.88. The maximum absolute atomic E-state index is 12.3. The van der Waals surface area contributed by atoms with Crippen LogP contribution in [0.15, 0.2) is 24.3 Å². The van der Waals surface area contributed by atoms with Gasteiger partial charge in [-0.25, -0.2) is 8.42 Å². The van der Waals surface area contributed by atoms with Gasteiger partial charge in [-0.3, -0.25) is 4.31 Å². The summed E-state index contributed by atoms with van der Waals surface area (Å²) < 4.78 is 62.0. The maximum Gasteiger partial charge on any atom is 0.389 e. The van der Waals surface area contributed by atoms with Gasteiger partial charge >= 0.3 is 6.18 Å². The first-order chi connectivity index (χ1) is 9.67. The van der Waals surface area contributed by atoms with E-state index in [1.54, 1.807) is 31.2 Å². The summed E-state index contributed by atoms with van der Waals surface area (Å²) in [7, 11) is -3.83. The molecule has 0 aliphatic carbocycles. The molecule has 0 saturated heterocycles. The van der Waals surface area contributed by atoms with Crippen molar-refractivity contribution >= 4 is 21.4 Å². The van der Waals surface area contributed by atoms with Crippen LogP contribution < -0.4 is 10.0 Å². The van der Waals surface area contributed by atoms with E-state index in [9.17, 15) is 21.6 Å². The number of nitrogen functional groups attached to an aromatic ring is 1. The van der Waals surface area contributed by atoms with Crippen LogP contribution in [0.25, 0.3) is 0 Å². The Labute approximate surface area is 122 Å². The van der Waals surface area contributed by atoms with Crippen LogP contribution in [-0.2, 0) is 10.0 Å². The zero-order chi connectivity index (χ0) is 16.1. The first-order valence-corrected chi connectivity index (χ1v) is 8.20. The van der Waals surface area contributed by atoms with Crippen molar-refractivity contribution < 1.29 is 21.6 Å². The lowest BCUT2D eigenvalue weighted by Crippen LogP contribution is -2.34. The maximum atomic E-state index is 12.3. The molecular formula is C13H19F3N2O2S. The van der Waals surface area contributed by atoms with Crippen molar-refractivity contribution in [1.29, 1.82) is 0 Å². The molecule has 0 aliphatic rings. The Morgan fingerprint density at radius 3 is 2.38 bits per heavy atom. The number of alkyl halides is 3. The van der Waals surface area contributed by atoms with Gasteiger partial charge in [0.25, 0.3) is 0 Å². The lowest BCUT2D eigenvalue weighted by Gasteiger charge is -2.25. The van der Waals surface area contributed by atoms with Crippen LogP contribution in [0.1, 0.15) is 26.2 Å². The SMILES string of the molecule is CCCN(c1ccccc1N)S(=O)(=O)CCCC(F)(F)F. The van der Waals surface area contributed by atoms with E-state index in [1.165, 1.54) is 0 Å². The fourth-order valence-electron chi connectivity index (χ4n) is 1.89. The zero-order valence-electron chi connectivity index (χ0n) is 11.7. The highest BCUT2D eigenvalue weighted by Gasteiger charge is 2.29. The molecule has 2 N–H and O–H groups in total. The fourth-order valence-corrected chi connectivity index (χ4v) is 3.55. The molecule has 8 heteroatoms. The summed E-state index contributed by atoms with van der Waals surface area (Å²) in [6.45, 7) is 1.97. The minimum atomic E-state index is -4.35. The molecule has 0 amide bonds. The molecule has 0 spiro atoms. The number of para-hydroxylation sites is 2. The molecule has 4 nitrogen and oxygen atoms in total. The number of benzene rings is 1. The van der Waals surface area contributed by atoms with Crippen molar-refractivity contribution in [2.24, 2.45) is 0 Å². The fraction of sp³-hybridized carbons (Fsp3) is 0.538. The summed E-state index contributed by atoms with van der Waals surface area (Å²) in [6, 6.07) is 6.41.